The molecule has 0 spiro atoms. The number of phenolic OH excluding ortho intramolecular Hbond substituents is 1. The van der Waals surface area contributed by atoms with Crippen molar-refractivity contribution in [2.75, 3.05) is 0 Å². The molecule has 5 nitrogen and oxygen atoms in total. The molecular weight excluding hydrogens is 429 g/mol. The Hall–Kier alpha value is -4.38. The number of aromatic nitrogens is 3. The Morgan fingerprint density at radius 2 is 1.67 bits per heavy atom. The molecule has 0 bridgehead atoms. The summed E-state index contributed by atoms with van der Waals surface area (Å²) in [5.74, 6) is 0.140. The number of imidazole rings is 1. The number of hydrogen-bond acceptors (Lipinski definition) is 4. The molecule has 0 aliphatic carbocycles. The van der Waals surface area contributed by atoms with Crippen LogP contribution >= 0.6 is 0 Å². The van der Waals surface area contributed by atoms with Crippen molar-refractivity contribution in [1.82, 2.24) is 14.5 Å². The van der Waals surface area contributed by atoms with Crippen LogP contribution in [-0.2, 0) is 12.6 Å². The summed E-state index contributed by atoms with van der Waals surface area (Å²) in [7, 11) is 0. The van der Waals surface area contributed by atoms with E-state index in [9.17, 15) is 18.3 Å². The monoisotopic (exact) mass is 444 g/mol. The fourth-order valence-electron chi connectivity index (χ4n) is 3.93. The molecule has 0 radical (unpaired) electrons. The van der Waals surface area contributed by atoms with E-state index in [1.54, 1.807) is 30.3 Å². The minimum Gasteiger partial charge on any atom is -0.508 e. The highest BCUT2D eigenvalue weighted by Gasteiger charge is 2.34. The van der Waals surface area contributed by atoms with Gasteiger partial charge in [0, 0.05) is 5.39 Å². The Morgan fingerprint density at radius 3 is 2.39 bits per heavy atom. The van der Waals surface area contributed by atoms with Crippen LogP contribution in [0.1, 0.15) is 11.1 Å². The van der Waals surface area contributed by atoms with Crippen LogP contribution in [0.3, 0.4) is 0 Å². The van der Waals surface area contributed by atoms with Crippen molar-refractivity contribution in [2.45, 2.75) is 12.6 Å². The van der Waals surface area contributed by atoms with Crippen molar-refractivity contribution in [1.29, 1.82) is 5.26 Å². The molecule has 0 saturated heterocycles. The van der Waals surface area contributed by atoms with Gasteiger partial charge in [0.1, 0.15) is 17.6 Å². The third-order valence-corrected chi connectivity index (χ3v) is 5.48. The summed E-state index contributed by atoms with van der Waals surface area (Å²) in [6, 6.07) is 18.0. The van der Waals surface area contributed by atoms with Gasteiger partial charge in [0.25, 0.3) is 0 Å². The molecule has 0 amide bonds. The first kappa shape index (κ1) is 20.5. The van der Waals surface area contributed by atoms with E-state index in [-0.39, 0.29) is 17.9 Å². The lowest BCUT2D eigenvalue weighted by atomic mass is 10.0. The number of pyridine rings is 1. The zero-order chi connectivity index (χ0) is 23.2. The SMILES string of the molecule is N#CCc1ccc(-n2cnc3cnc4ccc(-c5ccc(O)cc5)cc4c32)c(C(F)(F)F)c1. The van der Waals surface area contributed by atoms with Crippen molar-refractivity contribution < 1.29 is 18.3 Å². The standard InChI is InChI=1S/C25H15F3N4O/c26-25(27,28)20-11-15(9-10-29)1-8-23(20)32-14-31-22-13-30-21-7-4-17(12-19(21)24(22)32)16-2-5-18(33)6-3-16/h1-8,11-14,33H,9H2. The highest BCUT2D eigenvalue weighted by atomic mass is 19.4. The molecule has 0 saturated carbocycles. The largest absolute Gasteiger partial charge is 0.508 e. The maximum absolute atomic E-state index is 13.9. The van der Waals surface area contributed by atoms with Crippen LogP contribution in [0.2, 0.25) is 0 Å². The molecule has 33 heavy (non-hydrogen) atoms. The zero-order valence-corrected chi connectivity index (χ0v) is 17.0. The van der Waals surface area contributed by atoms with Crippen molar-refractivity contribution >= 4 is 21.9 Å². The second-order valence-corrected chi connectivity index (χ2v) is 7.57. The Bertz CT molecular complexity index is 1550. The topological polar surface area (TPSA) is 74.7 Å². The van der Waals surface area contributed by atoms with Gasteiger partial charge in [-0.2, -0.15) is 18.4 Å². The van der Waals surface area contributed by atoms with Crippen LogP contribution in [-0.4, -0.2) is 19.6 Å². The molecule has 3 aromatic carbocycles. The van der Waals surface area contributed by atoms with Gasteiger partial charge in [-0.25, -0.2) is 4.98 Å². The number of phenols is 1. The van der Waals surface area contributed by atoms with Crippen molar-refractivity contribution in [2.24, 2.45) is 0 Å². The van der Waals surface area contributed by atoms with Gasteiger partial charge >= 0.3 is 6.18 Å². The van der Waals surface area contributed by atoms with Gasteiger partial charge in [-0.1, -0.05) is 24.3 Å². The second-order valence-electron chi connectivity index (χ2n) is 7.57. The number of benzene rings is 3. The summed E-state index contributed by atoms with van der Waals surface area (Å²) in [5, 5.41) is 19.1. The molecule has 1 N–H and O–H groups in total. The molecule has 2 aromatic heterocycles. The fourth-order valence-corrected chi connectivity index (χ4v) is 3.93. The minimum absolute atomic E-state index is 0.0748. The molecule has 0 aliphatic rings. The first-order valence-corrected chi connectivity index (χ1v) is 9.98. The average Bonchev–Trinajstić information content (AvgIpc) is 3.23. The number of rotatable bonds is 3. The van der Waals surface area contributed by atoms with Gasteiger partial charge in [-0.3, -0.25) is 9.55 Å². The highest BCUT2D eigenvalue weighted by Crippen LogP contribution is 2.37. The minimum atomic E-state index is -4.61. The predicted octanol–water partition coefficient (Wildman–Crippen LogP) is 6.03. The van der Waals surface area contributed by atoms with E-state index >= 15 is 0 Å². The summed E-state index contributed by atoms with van der Waals surface area (Å²) in [5.41, 5.74) is 2.61. The van der Waals surface area contributed by atoms with Gasteiger partial charge in [0.2, 0.25) is 0 Å². The lowest BCUT2D eigenvalue weighted by Gasteiger charge is -2.16. The number of nitriles is 1. The molecule has 2 heterocycles. The Balaban J connectivity index is 1.77. The summed E-state index contributed by atoms with van der Waals surface area (Å²) >= 11 is 0. The van der Waals surface area contributed by atoms with Gasteiger partial charge < -0.3 is 5.11 Å². The van der Waals surface area contributed by atoms with E-state index in [0.717, 1.165) is 17.2 Å². The molecule has 8 heteroatoms. The number of nitrogens with zero attached hydrogens (tertiary/aromatic N) is 4. The molecule has 5 aromatic rings. The Labute approximate surface area is 186 Å². The number of hydrogen-bond donors (Lipinski definition) is 1. The quantitative estimate of drug-likeness (QED) is 0.369. The third kappa shape index (κ3) is 3.64. The number of halogens is 3. The molecule has 0 unspecified atom stereocenters. The maximum atomic E-state index is 13.9. The molecule has 5 rings (SSSR count). The van der Waals surface area contributed by atoms with E-state index in [1.165, 1.54) is 29.2 Å². The first-order chi connectivity index (χ1) is 15.8. The van der Waals surface area contributed by atoms with Crippen LogP contribution in [0.5, 0.6) is 5.75 Å². The lowest BCUT2D eigenvalue weighted by Crippen LogP contribution is -2.11. The van der Waals surface area contributed by atoms with Crippen LogP contribution < -0.4 is 0 Å². The van der Waals surface area contributed by atoms with E-state index in [4.69, 9.17) is 5.26 Å². The van der Waals surface area contributed by atoms with Crippen molar-refractivity contribution in [3.05, 3.63) is 84.3 Å². The van der Waals surface area contributed by atoms with E-state index in [0.29, 0.717) is 27.5 Å². The van der Waals surface area contributed by atoms with E-state index in [2.05, 4.69) is 9.97 Å². The van der Waals surface area contributed by atoms with Gasteiger partial charge in [-0.15, -0.1) is 0 Å². The molecule has 0 atom stereocenters. The fraction of sp³-hybridized carbons (Fsp3) is 0.0800. The predicted molar refractivity (Wildman–Crippen MR) is 118 cm³/mol. The molecule has 162 valence electrons. The number of fused-ring (bicyclic) bond motifs is 3. The van der Waals surface area contributed by atoms with E-state index < -0.39 is 11.7 Å². The molecule has 0 aliphatic heterocycles. The van der Waals surface area contributed by atoms with Crippen LogP contribution in [0.15, 0.2) is 73.2 Å². The third-order valence-electron chi connectivity index (χ3n) is 5.48. The maximum Gasteiger partial charge on any atom is 0.418 e. The van der Waals surface area contributed by atoms with Crippen molar-refractivity contribution in [3.63, 3.8) is 0 Å². The van der Waals surface area contributed by atoms with Gasteiger partial charge in [-0.05, 0) is 53.1 Å². The highest BCUT2D eigenvalue weighted by molar-refractivity contribution is 6.04. The van der Waals surface area contributed by atoms with Crippen molar-refractivity contribution in [3.8, 4) is 28.6 Å². The number of alkyl halides is 3. The summed E-state index contributed by atoms with van der Waals surface area (Å²) in [4.78, 5) is 8.69. The second kappa shape index (κ2) is 7.64. The Morgan fingerprint density at radius 1 is 0.909 bits per heavy atom. The van der Waals surface area contributed by atoms with Crippen LogP contribution in [0.4, 0.5) is 13.2 Å². The lowest BCUT2D eigenvalue weighted by molar-refractivity contribution is -0.137. The van der Waals surface area contributed by atoms with E-state index in [1.807, 2.05) is 18.2 Å². The normalized spacial score (nSPS) is 11.7. The molecular formula is C25H15F3N4O. The van der Waals surface area contributed by atoms with Gasteiger partial charge in [0.15, 0.2) is 0 Å². The Kier molecular flexibility index (Phi) is 4.75. The van der Waals surface area contributed by atoms with Crippen LogP contribution in [0, 0.1) is 11.3 Å². The summed E-state index contributed by atoms with van der Waals surface area (Å²) in [6.45, 7) is 0. The average molecular weight is 444 g/mol. The summed E-state index contributed by atoms with van der Waals surface area (Å²) < 4.78 is 43.2. The zero-order valence-electron chi connectivity index (χ0n) is 17.0. The first-order valence-electron chi connectivity index (χ1n) is 9.98. The van der Waals surface area contributed by atoms with Crippen LogP contribution in [0.25, 0.3) is 38.8 Å². The number of aromatic hydroxyl groups is 1. The van der Waals surface area contributed by atoms with Gasteiger partial charge in [0.05, 0.1) is 41.0 Å². The molecule has 0 fully saturated rings. The summed E-state index contributed by atoms with van der Waals surface area (Å²) in [6.07, 6.45) is -1.84. The smallest absolute Gasteiger partial charge is 0.418 e.